The zero-order chi connectivity index (χ0) is 19.3. The van der Waals surface area contributed by atoms with Gasteiger partial charge in [-0.1, -0.05) is 63.2 Å². The summed E-state index contributed by atoms with van der Waals surface area (Å²) in [5, 5.41) is 3.13. The highest BCUT2D eigenvalue weighted by Gasteiger charge is 2.23. The lowest BCUT2D eigenvalue weighted by atomic mass is 9.87. The van der Waals surface area contributed by atoms with Crippen molar-refractivity contribution in [1.29, 1.82) is 0 Å². The molecule has 1 saturated heterocycles. The molecule has 1 amide bonds. The van der Waals surface area contributed by atoms with Crippen LogP contribution in [-0.2, 0) is 10.2 Å². The summed E-state index contributed by atoms with van der Waals surface area (Å²) in [6.07, 6.45) is 0. The van der Waals surface area contributed by atoms with E-state index in [1.54, 1.807) is 0 Å². The van der Waals surface area contributed by atoms with Crippen LogP contribution in [0.5, 0.6) is 0 Å². The van der Waals surface area contributed by atoms with Crippen LogP contribution in [-0.4, -0.2) is 43.7 Å². The van der Waals surface area contributed by atoms with Crippen LogP contribution in [0.3, 0.4) is 0 Å². The van der Waals surface area contributed by atoms with Crippen molar-refractivity contribution in [2.75, 3.05) is 32.8 Å². The van der Waals surface area contributed by atoms with E-state index in [-0.39, 0.29) is 17.4 Å². The Morgan fingerprint density at radius 2 is 1.67 bits per heavy atom. The van der Waals surface area contributed by atoms with Crippen LogP contribution >= 0.6 is 0 Å². The van der Waals surface area contributed by atoms with Crippen LogP contribution in [0.25, 0.3) is 0 Å². The maximum absolute atomic E-state index is 12.7. The number of ether oxygens (including phenoxy) is 1. The van der Waals surface area contributed by atoms with Crippen molar-refractivity contribution in [1.82, 2.24) is 10.2 Å². The molecule has 0 aromatic heterocycles. The number of nitrogens with zero attached hydrogens (tertiary/aromatic N) is 1. The van der Waals surface area contributed by atoms with Crippen molar-refractivity contribution in [2.24, 2.45) is 0 Å². The number of morpholine rings is 1. The van der Waals surface area contributed by atoms with Crippen LogP contribution in [0, 0.1) is 0 Å². The SMILES string of the molecule is CC(C)(C)c1ccc(C(=O)NC[C@@H](c2ccccc2)N2CCOCC2)cc1. The Balaban J connectivity index is 1.68. The Kier molecular flexibility index (Phi) is 6.30. The highest BCUT2D eigenvalue weighted by Crippen LogP contribution is 2.23. The van der Waals surface area contributed by atoms with Gasteiger partial charge in [-0.3, -0.25) is 9.69 Å². The van der Waals surface area contributed by atoms with Crippen LogP contribution in [0.1, 0.15) is 48.3 Å². The van der Waals surface area contributed by atoms with Gasteiger partial charge in [0.2, 0.25) is 0 Å². The average Bonchev–Trinajstić information content (AvgIpc) is 2.69. The first kappa shape index (κ1) is 19.6. The summed E-state index contributed by atoms with van der Waals surface area (Å²) in [4.78, 5) is 15.1. The first-order chi connectivity index (χ1) is 12.9. The van der Waals surface area contributed by atoms with Gasteiger partial charge in [0.1, 0.15) is 0 Å². The summed E-state index contributed by atoms with van der Waals surface area (Å²) in [5.41, 5.74) is 3.25. The van der Waals surface area contributed by atoms with E-state index in [9.17, 15) is 4.79 Å². The second kappa shape index (κ2) is 8.68. The largest absolute Gasteiger partial charge is 0.379 e. The summed E-state index contributed by atoms with van der Waals surface area (Å²) >= 11 is 0. The van der Waals surface area contributed by atoms with Crippen LogP contribution in [0.15, 0.2) is 54.6 Å². The Bertz CT molecular complexity index is 729. The standard InChI is InChI=1S/C23H30N2O2/c1-23(2,3)20-11-9-19(10-12-20)22(26)24-17-21(18-7-5-4-6-8-18)25-13-15-27-16-14-25/h4-12,21H,13-17H2,1-3H3,(H,24,26)/t21-/m0/s1. The molecule has 0 aliphatic carbocycles. The maximum atomic E-state index is 12.7. The highest BCUT2D eigenvalue weighted by atomic mass is 16.5. The molecular formula is C23H30N2O2. The number of benzene rings is 2. The lowest BCUT2D eigenvalue weighted by Gasteiger charge is -2.35. The minimum atomic E-state index is -0.0235. The molecule has 3 rings (SSSR count). The lowest BCUT2D eigenvalue weighted by molar-refractivity contribution is 0.0162. The van der Waals surface area contributed by atoms with Crippen molar-refractivity contribution >= 4 is 5.91 Å². The zero-order valence-corrected chi connectivity index (χ0v) is 16.6. The Morgan fingerprint density at radius 1 is 1.04 bits per heavy atom. The van der Waals surface area contributed by atoms with Crippen molar-refractivity contribution in [3.05, 3.63) is 71.3 Å². The van der Waals surface area contributed by atoms with E-state index in [0.717, 1.165) is 26.3 Å². The minimum Gasteiger partial charge on any atom is -0.379 e. The Hall–Kier alpha value is -2.17. The third-order valence-electron chi connectivity index (χ3n) is 5.14. The number of carbonyl (C=O) groups is 1. The molecule has 1 atom stereocenters. The fourth-order valence-electron chi connectivity index (χ4n) is 3.44. The molecular weight excluding hydrogens is 336 g/mol. The third kappa shape index (κ3) is 5.18. The molecule has 4 nitrogen and oxygen atoms in total. The monoisotopic (exact) mass is 366 g/mol. The second-order valence-corrected chi connectivity index (χ2v) is 8.11. The molecule has 0 spiro atoms. The van der Waals surface area contributed by atoms with Crippen molar-refractivity contribution in [3.8, 4) is 0 Å². The molecule has 2 aromatic rings. The smallest absolute Gasteiger partial charge is 0.251 e. The van der Waals surface area contributed by atoms with Gasteiger partial charge in [-0.15, -0.1) is 0 Å². The van der Waals surface area contributed by atoms with Crippen LogP contribution in [0.2, 0.25) is 0 Å². The molecule has 0 bridgehead atoms. The third-order valence-corrected chi connectivity index (χ3v) is 5.14. The lowest BCUT2D eigenvalue weighted by Crippen LogP contribution is -2.43. The molecule has 1 aliphatic heterocycles. The second-order valence-electron chi connectivity index (χ2n) is 8.11. The van der Waals surface area contributed by atoms with Gasteiger partial charge in [0, 0.05) is 25.2 Å². The van der Waals surface area contributed by atoms with Gasteiger partial charge < -0.3 is 10.1 Å². The fourth-order valence-corrected chi connectivity index (χ4v) is 3.44. The zero-order valence-electron chi connectivity index (χ0n) is 16.6. The number of hydrogen-bond acceptors (Lipinski definition) is 3. The fraction of sp³-hybridized carbons (Fsp3) is 0.435. The van der Waals surface area contributed by atoms with E-state index >= 15 is 0 Å². The topological polar surface area (TPSA) is 41.6 Å². The summed E-state index contributed by atoms with van der Waals surface area (Å²) in [5.74, 6) is -0.0235. The van der Waals surface area contributed by atoms with Crippen molar-refractivity contribution in [2.45, 2.75) is 32.2 Å². The van der Waals surface area contributed by atoms with Gasteiger partial charge in [-0.2, -0.15) is 0 Å². The van der Waals surface area contributed by atoms with Gasteiger partial charge in [0.15, 0.2) is 0 Å². The molecule has 1 fully saturated rings. The van der Waals surface area contributed by atoms with Crippen LogP contribution in [0.4, 0.5) is 0 Å². The first-order valence-electron chi connectivity index (χ1n) is 9.70. The molecule has 27 heavy (non-hydrogen) atoms. The van der Waals surface area contributed by atoms with E-state index < -0.39 is 0 Å². The van der Waals surface area contributed by atoms with Gasteiger partial charge in [0.25, 0.3) is 5.91 Å². The summed E-state index contributed by atoms with van der Waals surface area (Å²) in [6.45, 7) is 10.4. The molecule has 0 saturated carbocycles. The minimum absolute atomic E-state index is 0.0235. The number of rotatable bonds is 5. The molecule has 1 aliphatic rings. The molecule has 1 heterocycles. The van der Waals surface area contributed by atoms with Gasteiger partial charge >= 0.3 is 0 Å². The van der Waals surface area contributed by atoms with E-state index in [0.29, 0.717) is 12.1 Å². The van der Waals surface area contributed by atoms with Crippen molar-refractivity contribution in [3.63, 3.8) is 0 Å². The summed E-state index contributed by atoms with van der Waals surface area (Å²) in [7, 11) is 0. The Labute approximate surface area is 162 Å². The molecule has 0 radical (unpaired) electrons. The number of amides is 1. The molecule has 4 heteroatoms. The predicted octanol–water partition coefficient (Wildman–Crippen LogP) is 3.79. The summed E-state index contributed by atoms with van der Waals surface area (Å²) in [6, 6.07) is 18.5. The molecule has 0 unspecified atom stereocenters. The summed E-state index contributed by atoms with van der Waals surface area (Å²) < 4.78 is 5.49. The first-order valence-corrected chi connectivity index (χ1v) is 9.70. The van der Waals surface area contributed by atoms with E-state index in [2.05, 4.69) is 55.3 Å². The molecule has 1 N–H and O–H groups in total. The Morgan fingerprint density at radius 3 is 2.26 bits per heavy atom. The van der Waals surface area contributed by atoms with Gasteiger partial charge in [-0.25, -0.2) is 0 Å². The van der Waals surface area contributed by atoms with Crippen molar-refractivity contribution < 1.29 is 9.53 Å². The average molecular weight is 367 g/mol. The highest BCUT2D eigenvalue weighted by molar-refractivity contribution is 5.94. The van der Waals surface area contributed by atoms with E-state index in [1.807, 2.05) is 30.3 Å². The molecule has 2 aromatic carbocycles. The van der Waals surface area contributed by atoms with E-state index in [4.69, 9.17) is 4.74 Å². The van der Waals surface area contributed by atoms with Gasteiger partial charge in [-0.05, 0) is 28.7 Å². The predicted molar refractivity (Wildman–Crippen MR) is 109 cm³/mol. The normalized spacial score (nSPS) is 16.7. The number of nitrogens with one attached hydrogen (secondary N) is 1. The number of hydrogen-bond donors (Lipinski definition) is 1. The van der Waals surface area contributed by atoms with Crippen LogP contribution < -0.4 is 5.32 Å². The van der Waals surface area contributed by atoms with E-state index in [1.165, 1.54) is 11.1 Å². The van der Waals surface area contributed by atoms with Gasteiger partial charge in [0.05, 0.1) is 19.3 Å². The quantitative estimate of drug-likeness (QED) is 0.875. The number of carbonyl (C=O) groups excluding carboxylic acids is 1. The molecule has 144 valence electrons. The maximum Gasteiger partial charge on any atom is 0.251 e.